The molecule has 2 unspecified atom stereocenters. The van der Waals surface area contributed by atoms with Gasteiger partial charge in [0, 0.05) is 37.0 Å². The summed E-state index contributed by atoms with van der Waals surface area (Å²) < 4.78 is 7.91. The Kier molecular flexibility index (Phi) is 4.31. The monoisotopic (exact) mass is 265 g/mol. The van der Waals surface area contributed by atoms with Crippen LogP contribution in [0.5, 0.6) is 0 Å². The van der Waals surface area contributed by atoms with Crippen LogP contribution in [0.3, 0.4) is 0 Å². The minimum Gasteiger partial charge on any atom is -0.374 e. The SMILES string of the molecule is CCn1nc(C)c(C(C)NCC2(C)CCCO2)c1C. The van der Waals surface area contributed by atoms with E-state index in [2.05, 4.69) is 49.7 Å². The van der Waals surface area contributed by atoms with Crippen LogP contribution in [0.2, 0.25) is 0 Å². The van der Waals surface area contributed by atoms with Gasteiger partial charge in [-0.3, -0.25) is 4.68 Å². The molecule has 1 aliphatic heterocycles. The molecule has 4 nitrogen and oxygen atoms in total. The summed E-state index contributed by atoms with van der Waals surface area (Å²) in [6, 6.07) is 0.321. The van der Waals surface area contributed by atoms with Crippen molar-refractivity contribution in [3.63, 3.8) is 0 Å². The molecule has 19 heavy (non-hydrogen) atoms. The van der Waals surface area contributed by atoms with Crippen LogP contribution >= 0.6 is 0 Å². The molecule has 2 atom stereocenters. The number of aryl methyl sites for hydroxylation is 2. The van der Waals surface area contributed by atoms with Gasteiger partial charge in [0.2, 0.25) is 0 Å². The van der Waals surface area contributed by atoms with Crippen molar-refractivity contribution in [2.24, 2.45) is 0 Å². The topological polar surface area (TPSA) is 39.1 Å². The van der Waals surface area contributed by atoms with E-state index in [1.807, 2.05) is 0 Å². The van der Waals surface area contributed by atoms with Crippen molar-refractivity contribution in [3.8, 4) is 0 Å². The van der Waals surface area contributed by atoms with E-state index in [1.165, 1.54) is 17.7 Å². The number of nitrogens with one attached hydrogen (secondary N) is 1. The average molecular weight is 265 g/mol. The van der Waals surface area contributed by atoms with E-state index in [0.29, 0.717) is 6.04 Å². The third-order valence-electron chi connectivity index (χ3n) is 4.25. The van der Waals surface area contributed by atoms with Crippen LogP contribution in [0.25, 0.3) is 0 Å². The van der Waals surface area contributed by atoms with Crippen LogP contribution in [0.1, 0.15) is 56.6 Å². The maximum atomic E-state index is 5.83. The molecule has 0 spiro atoms. The summed E-state index contributed by atoms with van der Waals surface area (Å²) in [7, 11) is 0. The van der Waals surface area contributed by atoms with Crippen LogP contribution in [-0.4, -0.2) is 28.5 Å². The second kappa shape index (κ2) is 5.63. The van der Waals surface area contributed by atoms with E-state index < -0.39 is 0 Å². The van der Waals surface area contributed by atoms with Gasteiger partial charge in [-0.2, -0.15) is 5.10 Å². The third kappa shape index (κ3) is 3.00. The van der Waals surface area contributed by atoms with Gasteiger partial charge in [-0.1, -0.05) is 0 Å². The van der Waals surface area contributed by atoms with E-state index in [0.717, 1.165) is 31.8 Å². The summed E-state index contributed by atoms with van der Waals surface area (Å²) in [6.45, 7) is 13.5. The summed E-state index contributed by atoms with van der Waals surface area (Å²) in [5, 5.41) is 8.21. The van der Waals surface area contributed by atoms with Gasteiger partial charge in [0.15, 0.2) is 0 Å². The highest BCUT2D eigenvalue weighted by molar-refractivity contribution is 5.27. The Bertz CT molecular complexity index is 433. The number of ether oxygens (including phenoxy) is 1. The molecule has 1 aromatic heterocycles. The molecule has 108 valence electrons. The Morgan fingerprint density at radius 3 is 2.74 bits per heavy atom. The van der Waals surface area contributed by atoms with Crippen LogP contribution in [0.15, 0.2) is 0 Å². The maximum Gasteiger partial charge on any atom is 0.0779 e. The Morgan fingerprint density at radius 1 is 1.47 bits per heavy atom. The molecule has 1 fully saturated rings. The van der Waals surface area contributed by atoms with Crippen molar-refractivity contribution >= 4 is 0 Å². The van der Waals surface area contributed by atoms with Crippen molar-refractivity contribution in [2.75, 3.05) is 13.2 Å². The lowest BCUT2D eigenvalue weighted by Crippen LogP contribution is -2.38. The van der Waals surface area contributed by atoms with E-state index in [9.17, 15) is 0 Å². The molecule has 0 aliphatic carbocycles. The highest BCUT2D eigenvalue weighted by atomic mass is 16.5. The van der Waals surface area contributed by atoms with E-state index in [-0.39, 0.29) is 5.60 Å². The largest absolute Gasteiger partial charge is 0.374 e. The van der Waals surface area contributed by atoms with Gasteiger partial charge < -0.3 is 10.1 Å². The summed E-state index contributed by atoms with van der Waals surface area (Å²) in [5.74, 6) is 0. The fourth-order valence-electron chi connectivity index (χ4n) is 3.09. The smallest absolute Gasteiger partial charge is 0.0779 e. The minimum absolute atomic E-state index is 0.0107. The first-order chi connectivity index (χ1) is 8.97. The van der Waals surface area contributed by atoms with Gasteiger partial charge in [0.05, 0.1) is 11.3 Å². The lowest BCUT2D eigenvalue weighted by molar-refractivity contribution is 0.0191. The maximum absolute atomic E-state index is 5.83. The van der Waals surface area contributed by atoms with Crippen molar-refractivity contribution in [2.45, 2.75) is 65.6 Å². The number of aromatic nitrogens is 2. The molecule has 1 saturated heterocycles. The quantitative estimate of drug-likeness (QED) is 0.889. The van der Waals surface area contributed by atoms with E-state index in [4.69, 9.17) is 4.74 Å². The predicted molar refractivity (Wildman–Crippen MR) is 77.4 cm³/mol. The molecule has 2 rings (SSSR count). The zero-order valence-corrected chi connectivity index (χ0v) is 12.9. The van der Waals surface area contributed by atoms with Crippen molar-refractivity contribution in [3.05, 3.63) is 17.0 Å². The summed E-state index contributed by atoms with van der Waals surface area (Å²) >= 11 is 0. The first kappa shape index (κ1) is 14.5. The van der Waals surface area contributed by atoms with Crippen LogP contribution in [0, 0.1) is 13.8 Å². The van der Waals surface area contributed by atoms with Crippen molar-refractivity contribution in [1.29, 1.82) is 0 Å². The van der Waals surface area contributed by atoms with Crippen molar-refractivity contribution < 1.29 is 4.74 Å². The summed E-state index contributed by atoms with van der Waals surface area (Å²) in [5.41, 5.74) is 3.76. The zero-order valence-electron chi connectivity index (χ0n) is 12.9. The normalized spacial score (nSPS) is 24.9. The lowest BCUT2D eigenvalue weighted by Gasteiger charge is -2.26. The fourth-order valence-corrected chi connectivity index (χ4v) is 3.09. The highest BCUT2D eigenvalue weighted by Crippen LogP contribution is 2.26. The molecule has 0 saturated carbocycles. The number of hydrogen-bond donors (Lipinski definition) is 1. The molecule has 1 aromatic rings. The Hall–Kier alpha value is -0.870. The Labute approximate surface area is 116 Å². The first-order valence-electron chi connectivity index (χ1n) is 7.38. The van der Waals surface area contributed by atoms with Gasteiger partial charge in [0.25, 0.3) is 0 Å². The molecule has 0 amide bonds. The van der Waals surface area contributed by atoms with Gasteiger partial charge in [0.1, 0.15) is 0 Å². The molecule has 0 radical (unpaired) electrons. The number of nitrogens with zero attached hydrogens (tertiary/aromatic N) is 2. The Balaban J connectivity index is 2.03. The van der Waals surface area contributed by atoms with Crippen LogP contribution in [-0.2, 0) is 11.3 Å². The summed E-state index contributed by atoms with van der Waals surface area (Å²) in [6.07, 6.45) is 2.33. The lowest BCUT2D eigenvalue weighted by atomic mass is 10.0. The van der Waals surface area contributed by atoms with Crippen LogP contribution < -0.4 is 5.32 Å². The molecular weight excluding hydrogens is 238 g/mol. The molecular formula is C15H27N3O. The molecule has 1 aliphatic rings. The second-order valence-corrected chi connectivity index (χ2v) is 5.90. The molecule has 0 aromatic carbocycles. The van der Waals surface area contributed by atoms with Crippen LogP contribution in [0.4, 0.5) is 0 Å². The molecule has 1 N–H and O–H groups in total. The van der Waals surface area contributed by atoms with Crippen molar-refractivity contribution in [1.82, 2.24) is 15.1 Å². The fraction of sp³-hybridized carbons (Fsp3) is 0.800. The molecule has 4 heteroatoms. The number of rotatable bonds is 5. The van der Waals surface area contributed by atoms with E-state index >= 15 is 0 Å². The van der Waals surface area contributed by atoms with Gasteiger partial charge in [-0.15, -0.1) is 0 Å². The van der Waals surface area contributed by atoms with Gasteiger partial charge >= 0.3 is 0 Å². The van der Waals surface area contributed by atoms with E-state index in [1.54, 1.807) is 0 Å². The molecule has 2 heterocycles. The standard InChI is InChI=1S/C15H27N3O/c1-6-18-13(4)14(12(3)17-18)11(2)16-10-15(5)8-7-9-19-15/h11,16H,6-10H2,1-5H3. The summed E-state index contributed by atoms with van der Waals surface area (Å²) in [4.78, 5) is 0. The first-order valence-corrected chi connectivity index (χ1v) is 7.38. The van der Waals surface area contributed by atoms with Gasteiger partial charge in [-0.25, -0.2) is 0 Å². The highest BCUT2D eigenvalue weighted by Gasteiger charge is 2.30. The third-order valence-corrected chi connectivity index (χ3v) is 4.25. The second-order valence-electron chi connectivity index (χ2n) is 5.90. The number of hydrogen-bond acceptors (Lipinski definition) is 3. The Morgan fingerprint density at radius 2 is 2.21 bits per heavy atom. The minimum atomic E-state index is 0.0107. The zero-order chi connectivity index (χ0) is 14.0. The molecule has 0 bridgehead atoms. The average Bonchev–Trinajstić information content (AvgIpc) is 2.92. The van der Waals surface area contributed by atoms with Gasteiger partial charge in [-0.05, 0) is 47.5 Å². The predicted octanol–water partition coefficient (Wildman–Crippen LogP) is 2.74.